The van der Waals surface area contributed by atoms with E-state index in [-0.39, 0.29) is 5.97 Å². The van der Waals surface area contributed by atoms with Gasteiger partial charge >= 0.3 is 5.97 Å². The highest BCUT2D eigenvalue weighted by Crippen LogP contribution is 2.26. The van der Waals surface area contributed by atoms with Crippen LogP contribution in [0.2, 0.25) is 0 Å². The average Bonchev–Trinajstić information content (AvgIpc) is 2.74. The first-order valence-electron chi connectivity index (χ1n) is 5.03. The SMILES string of the molecule is CCOC(=O)c1cc2sc(CC)cc2[nH]1. The molecular weight excluding hydrogens is 210 g/mol. The highest BCUT2D eigenvalue weighted by molar-refractivity contribution is 7.19. The minimum absolute atomic E-state index is 0.279. The zero-order valence-electron chi connectivity index (χ0n) is 8.79. The number of hydrogen-bond acceptors (Lipinski definition) is 3. The summed E-state index contributed by atoms with van der Waals surface area (Å²) in [6.07, 6.45) is 1.03. The van der Waals surface area contributed by atoms with Gasteiger partial charge in [0.15, 0.2) is 0 Å². The van der Waals surface area contributed by atoms with Crippen LogP contribution in [0.5, 0.6) is 0 Å². The Morgan fingerprint density at radius 1 is 1.47 bits per heavy atom. The molecule has 0 aliphatic carbocycles. The second-order valence-corrected chi connectivity index (χ2v) is 4.42. The van der Waals surface area contributed by atoms with Crippen LogP contribution in [0, 0.1) is 0 Å². The van der Waals surface area contributed by atoms with E-state index in [4.69, 9.17) is 4.74 Å². The number of rotatable bonds is 3. The van der Waals surface area contributed by atoms with Crippen LogP contribution in [0.1, 0.15) is 29.2 Å². The fourth-order valence-electron chi connectivity index (χ4n) is 1.47. The second kappa shape index (κ2) is 4.06. The van der Waals surface area contributed by atoms with Crippen molar-refractivity contribution in [3.05, 3.63) is 22.7 Å². The second-order valence-electron chi connectivity index (χ2n) is 3.25. The number of carbonyl (C=O) groups excluding carboxylic acids is 1. The van der Waals surface area contributed by atoms with Gasteiger partial charge < -0.3 is 9.72 Å². The number of nitrogens with one attached hydrogen (secondary N) is 1. The maximum atomic E-state index is 11.4. The minimum Gasteiger partial charge on any atom is -0.461 e. The number of H-pyrrole nitrogens is 1. The van der Waals surface area contributed by atoms with E-state index in [2.05, 4.69) is 18.0 Å². The summed E-state index contributed by atoms with van der Waals surface area (Å²) < 4.78 is 6.04. The van der Waals surface area contributed by atoms with Crippen molar-refractivity contribution < 1.29 is 9.53 Å². The molecule has 0 bridgehead atoms. The molecule has 0 atom stereocenters. The van der Waals surface area contributed by atoms with Gasteiger partial charge in [0.1, 0.15) is 5.69 Å². The van der Waals surface area contributed by atoms with Crippen LogP contribution in [0.15, 0.2) is 12.1 Å². The van der Waals surface area contributed by atoms with E-state index in [1.54, 1.807) is 18.3 Å². The number of fused-ring (bicyclic) bond motifs is 1. The molecule has 3 nitrogen and oxygen atoms in total. The molecule has 1 N–H and O–H groups in total. The Balaban J connectivity index is 2.32. The number of carbonyl (C=O) groups is 1. The van der Waals surface area contributed by atoms with Gasteiger partial charge in [-0.3, -0.25) is 0 Å². The molecule has 15 heavy (non-hydrogen) atoms. The summed E-state index contributed by atoms with van der Waals surface area (Å²) in [5.74, 6) is -0.279. The first kappa shape index (κ1) is 10.2. The molecule has 2 aromatic heterocycles. The summed E-state index contributed by atoms with van der Waals surface area (Å²) in [5.41, 5.74) is 1.57. The molecular formula is C11H13NO2S. The summed E-state index contributed by atoms with van der Waals surface area (Å²) in [4.78, 5) is 15.8. The molecule has 2 rings (SSSR count). The lowest BCUT2D eigenvalue weighted by Gasteiger charge is -1.97. The van der Waals surface area contributed by atoms with E-state index >= 15 is 0 Å². The summed E-state index contributed by atoms with van der Waals surface area (Å²) in [6.45, 7) is 4.33. The molecule has 0 unspecified atom stereocenters. The van der Waals surface area contributed by atoms with Crippen LogP contribution in [0.25, 0.3) is 10.2 Å². The molecule has 0 saturated heterocycles. The van der Waals surface area contributed by atoms with Crippen LogP contribution in [0.4, 0.5) is 0 Å². The lowest BCUT2D eigenvalue weighted by molar-refractivity contribution is 0.0520. The monoisotopic (exact) mass is 223 g/mol. The van der Waals surface area contributed by atoms with Gasteiger partial charge in [-0.15, -0.1) is 11.3 Å². The van der Waals surface area contributed by atoms with Crippen LogP contribution in [-0.2, 0) is 11.2 Å². The third kappa shape index (κ3) is 1.90. The van der Waals surface area contributed by atoms with Gasteiger partial charge in [0.25, 0.3) is 0 Å². The lowest BCUT2D eigenvalue weighted by atomic mass is 10.4. The maximum absolute atomic E-state index is 11.4. The first-order chi connectivity index (χ1) is 7.24. The smallest absolute Gasteiger partial charge is 0.354 e. The Morgan fingerprint density at radius 2 is 2.27 bits per heavy atom. The Bertz CT molecular complexity index is 452. The van der Waals surface area contributed by atoms with Crippen LogP contribution >= 0.6 is 11.3 Å². The van der Waals surface area contributed by atoms with Crippen molar-refractivity contribution in [1.82, 2.24) is 4.98 Å². The Morgan fingerprint density at radius 3 is 2.87 bits per heavy atom. The molecule has 0 aliphatic rings. The molecule has 4 heteroatoms. The fraction of sp³-hybridized carbons (Fsp3) is 0.364. The quantitative estimate of drug-likeness (QED) is 0.813. The van der Waals surface area contributed by atoms with Gasteiger partial charge in [0.2, 0.25) is 0 Å². The van der Waals surface area contributed by atoms with Crippen LogP contribution in [-0.4, -0.2) is 17.6 Å². The van der Waals surface area contributed by atoms with Gasteiger partial charge in [-0.05, 0) is 25.5 Å². The predicted molar refractivity (Wildman–Crippen MR) is 61.5 cm³/mol. The van der Waals surface area contributed by atoms with E-state index in [1.807, 2.05) is 6.07 Å². The topological polar surface area (TPSA) is 42.1 Å². The summed E-state index contributed by atoms with van der Waals surface area (Å²) >= 11 is 1.71. The molecule has 0 aliphatic heterocycles. The van der Waals surface area contributed by atoms with Gasteiger partial charge in [-0.2, -0.15) is 0 Å². The van der Waals surface area contributed by atoms with E-state index in [0.717, 1.165) is 16.6 Å². The van der Waals surface area contributed by atoms with E-state index in [1.165, 1.54) is 4.88 Å². The van der Waals surface area contributed by atoms with Crippen molar-refractivity contribution >= 4 is 27.5 Å². The third-order valence-corrected chi connectivity index (χ3v) is 3.43. The van der Waals surface area contributed by atoms with E-state index in [0.29, 0.717) is 12.3 Å². The van der Waals surface area contributed by atoms with Crippen molar-refractivity contribution in [2.75, 3.05) is 6.61 Å². The Hall–Kier alpha value is -1.29. The molecule has 2 aromatic rings. The minimum atomic E-state index is -0.279. The van der Waals surface area contributed by atoms with Crippen molar-refractivity contribution in [2.45, 2.75) is 20.3 Å². The number of thiophene rings is 1. The molecule has 2 heterocycles. The van der Waals surface area contributed by atoms with Crippen LogP contribution < -0.4 is 0 Å². The average molecular weight is 223 g/mol. The molecule has 0 fully saturated rings. The molecule has 0 spiro atoms. The van der Waals surface area contributed by atoms with Crippen molar-refractivity contribution in [3.63, 3.8) is 0 Å². The molecule has 80 valence electrons. The standard InChI is InChI=1S/C11H13NO2S/c1-3-7-5-8-10(15-7)6-9(12-8)11(13)14-4-2/h5-6,12H,3-4H2,1-2H3. The molecule has 0 amide bonds. The Labute approximate surface area is 92.1 Å². The maximum Gasteiger partial charge on any atom is 0.354 e. The normalized spacial score (nSPS) is 10.8. The number of aromatic amines is 1. The third-order valence-electron chi connectivity index (χ3n) is 2.20. The van der Waals surface area contributed by atoms with Crippen molar-refractivity contribution in [3.8, 4) is 0 Å². The Kier molecular flexibility index (Phi) is 2.77. The fourth-order valence-corrected chi connectivity index (χ4v) is 2.47. The molecule has 0 aromatic carbocycles. The van der Waals surface area contributed by atoms with Gasteiger partial charge in [0.05, 0.1) is 16.8 Å². The predicted octanol–water partition coefficient (Wildman–Crippen LogP) is 2.97. The van der Waals surface area contributed by atoms with Crippen molar-refractivity contribution in [1.29, 1.82) is 0 Å². The highest BCUT2D eigenvalue weighted by atomic mass is 32.1. The lowest BCUT2D eigenvalue weighted by Crippen LogP contribution is -2.04. The number of ether oxygens (including phenoxy) is 1. The molecule has 0 saturated carbocycles. The summed E-state index contributed by atoms with van der Waals surface area (Å²) in [7, 11) is 0. The summed E-state index contributed by atoms with van der Waals surface area (Å²) in [6, 6.07) is 3.94. The number of aromatic nitrogens is 1. The zero-order valence-corrected chi connectivity index (χ0v) is 9.61. The van der Waals surface area contributed by atoms with Gasteiger partial charge in [0, 0.05) is 4.88 Å². The zero-order chi connectivity index (χ0) is 10.8. The number of aryl methyl sites for hydroxylation is 1. The van der Waals surface area contributed by atoms with E-state index < -0.39 is 0 Å². The van der Waals surface area contributed by atoms with Gasteiger partial charge in [-0.1, -0.05) is 6.92 Å². The molecule has 0 radical (unpaired) electrons. The summed E-state index contributed by atoms with van der Waals surface area (Å²) in [5, 5.41) is 0. The highest BCUT2D eigenvalue weighted by Gasteiger charge is 2.11. The number of hydrogen-bond donors (Lipinski definition) is 1. The van der Waals surface area contributed by atoms with Crippen LogP contribution in [0.3, 0.4) is 0 Å². The van der Waals surface area contributed by atoms with Gasteiger partial charge in [-0.25, -0.2) is 4.79 Å². The largest absolute Gasteiger partial charge is 0.461 e. The van der Waals surface area contributed by atoms with E-state index in [9.17, 15) is 4.79 Å². The number of esters is 1. The van der Waals surface area contributed by atoms with Crippen molar-refractivity contribution in [2.24, 2.45) is 0 Å². The first-order valence-corrected chi connectivity index (χ1v) is 5.84.